The Morgan fingerprint density at radius 2 is 1.92 bits per heavy atom. The van der Waals surface area contributed by atoms with E-state index in [1.807, 2.05) is 0 Å². The van der Waals surface area contributed by atoms with Gasteiger partial charge in [-0.25, -0.2) is 4.72 Å². The van der Waals surface area contributed by atoms with E-state index in [1.54, 1.807) is 0 Å². The van der Waals surface area contributed by atoms with Gasteiger partial charge >= 0.3 is 0 Å². The molecular formula is C6H15ClN2O2S. The molecular weight excluding hydrogens is 200 g/mol. The summed E-state index contributed by atoms with van der Waals surface area (Å²) in [6.07, 6.45) is 1.61. The number of alkyl halides is 1. The molecule has 0 aromatic carbocycles. The quantitative estimate of drug-likeness (QED) is 0.514. The van der Waals surface area contributed by atoms with Gasteiger partial charge in [-0.05, 0) is 12.8 Å². The van der Waals surface area contributed by atoms with Gasteiger partial charge in [0.1, 0.15) is 0 Å². The van der Waals surface area contributed by atoms with E-state index in [-0.39, 0.29) is 0 Å². The van der Waals surface area contributed by atoms with Crippen LogP contribution in [0.3, 0.4) is 0 Å². The first-order valence-electron chi connectivity index (χ1n) is 3.74. The van der Waals surface area contributed by atoms with Crippen molar-refractivity contribution in [3.05, 3.63) is 0 Å². The summed E-state index contributed by atoms with van der Waals surface area (Å²) in [4.78, 5) is 0. The van der Waals surface area contributed by atoms with Gasteiger partial charge in [0.05, 0.1) is 0 Å². The average Bonchev–Trinajstić information content (AvgIpc) is 1.98. The van der Waals surface area contributed by atoms with Crippen LogP contribution in [0.1, 0.15) is 12.8 Å². The Morgan fingerprint density at radius 3 is 2.33 bits per heavy atom. The van der Waals surface area contributed by atoms with Crippen molar-refractivity contribution >= 4 is 21.8 Å². The minimum Gasteiger partial charge on any atom is -0.202 e. The lowest BCUT2D eigenvalue weighted by Crippen LogP contribution is -2.36. The number of halogens is 1. The van der Waals surface area contributed by atoms with Crippen molar-refractivity contribution in [3.8, 4) is 0 Å². The predicted molar refractivity (Wildman–Crippen MR) is 50.6 cm³/mol. The molecule has 1 N–H and O–H groups in total. The zero-order valence-corrected chi connectivity index (χ0v) is 8.95. The highest BCUT2D eigenvalue weighted by Crippen LogP contribution is 1.92. The van der Waals surface area contributed by atoms with Crippen molar-refractivity contribution in [1.82, 2.24) is 9.03 Å². The van der Waals surface area contributed by atoms with Crippen LogP contribution in [0.2, 0.25) is 0 Å². The van der Waals surface area contributed by atoms with Gasteiger partial charge in [0, 0.05) is 26.5 Å². The lowest BCUT2D eigenvalue weighted by atomic mass is 10.3. The number of nitrogens with zero attached hydrogens (tertiary/aromatic N) is 1. The fraction of sp³-hybridized carbons (Fsp3) is 1.00. The van der Waals surface area contributed by atoms with Crippen molar-refractivity contribution in [1.29, 1.82) is 0 Å². The first-order valence-corrected chi connectivity index (χ1v) is 5.71. The minimum atomic E-state index is -3.24. The topological polar surface area (TPSA) is 49.4 Å². The molecule has 12 heavy (non-hydrogen) atoms. The lowest BCUT2D eigenvalue weighted by Gasteiger charge is -2.11. The molecule has 0 saturated carbocycles. The van der Waals surface area contributed by atoms with Gasteiger partial charge in [0.25, 0.3) is 10.2 Å². The number of hydrogen-bond acceptors (Lipinski definition) is 2. The van der Waals surface area contributed by atoms with E-state index in [0.29, 0.717) is 12.4 Å². The van der Waals surface area contributed by atoms with E-state index in [0.717, 1.165) is 17.1 Å². The van der Waals surface area contributed by atoms with Gasteiger partial charge < -0.3 is 0 Å². The Hall–Kier alpha value is 0.160. The maximum Gasteiger partial charge on any atom is 0.278 e. The van der Waals surface area contributed by atoms with Crippen LogP contribution in [0.4, 0.5) is 0 Å². The molecule has 0 saturated heterocycles. The van der Waals surface area contributed by atoms with E-state index in [1.165, 1.54) is 14.1 Å². The third-order valence-corrected chi connectivity index (χ3v) is 3.12. The highest BCUT2D eigenvalue weighted by Gasteiger charge is 2.10. The molecule has 4 nitrogen and oxygen atoms in total. The Morgan fingerprint density at radius 1 is 1.33 bits per heavy atom. The van der Waals surface area contributed by atoms with Crippen LogP contribution in [0.25, 0.3) is 0 Å². The molecule has 0 spiro atoms. The normalized spacial score (nSPS) is 12.3. The Labute approximate surface area is 79.1 Å². The van der Waals surface area contributed by atoms with E-state index in [4.69, 9.17) is 11.6 Å². The fourth-order valence-electron chi connectivity index (χ4n) is 0.550. The number of unbranched alkanes of at least 4 members (excludes halogenated alkanes) is 1. The maximum absolute atomic E-state index is 11.1. The van der Waals surface area contributed by atoms with E-state index in [2.05, 4.69) is 4.72 Å². The molecule has 0 aliphatic rings. The minimum absolute atomic E-state index is 0.452. The van der Waals surface area contributed by atoms with Crippen molar-refractivity contribution in [3.63, 3.8) is 0 Å². The second kappa shape index (κ2) is 5.75. The van der Waals surface area contributed by atoms with Crippen LogP contribution in [0.15, 0.2) is 0 Å². The number of hydrogen-bond donors (Lipinski definition) is 1. The smallest absolute Gasteiger partial charge is 0.202 e. The third-order valence-electron chi connectivity index (χ3n) is 1.33. The molecule has 0 unspecified atom stereocenters. The first-order chi connectivity index (χ1) is 5.50. The zero-order chi connectivity index (χ0) is 9.61. The van der Waals surface area contributed by atoms with Crippen LogP contribution < -0.4 is 4.72 Å². The fourth-order valence-corrected chi connectivity index (χ4v) is 1.40. The van der Waals surface area contributed by atoms with Gasteiger partial charge in [0.2, 0.25) is 0 Å². The Balaban J connectivity index is 3.63. The van der Waals surface area contributed by atoms with Gasteiger partial charge in [0.15, 0.2) is 0 Å². The summed E-state index contributed by atoms with van der Waals surface area (Å²) in [6.45, 7) is 0.452. The maximum atomic E-state index is 11.1. The second-order valence-electron chi connectivity index (χ2n) is 2.58. The molecule has 0 bridgehead atoms. The number of nitrogens with one attached hydrogen (secondary N) is 1. The molecule has 0 aromatic heterocycles. The molecule has 0 heterocycles. The van der Waals surface area contributed by atoms with Crippen molar-refractivity contribution in [2.75, 3.05) is 26.5 Å². The molecule has 0 aromatic rings. The monoisotopic (exact) mass is 214 g/mol. The SMILES string of the molecule is CN(C)S(=O)(=O)NCCCCCl. The zero-order valence-electron chi connectivity index (χ0n) is 7.38. The molecule has 0 rings (SSSR count). The van der Waals surface area contributed by atoms with Gasteiger partial charge in [-0.3, -0.25) is 0 Å². The van der Waals surface area contributed by atoms with Crippen molar-refractivity contribution in [2.24, 2.45) is 0 Å². The molecule has 0 atom stereocenters. The first kappa shape index (κ1) is 12.2. The molecule has 0 fully saturated rings. The van der Waals surface area contributed by atoms with Crippen LogP contribution in [0, 0.1) is 0 Å². The van der Waals surface area contributed by atoms with Gasteiger partial charge in [-0.2, -0.15) is 12.7 Å². The molecule has 74 valence electrons. The molecule has 0 aliphatic heterocycles. The number of rotatable bonds is 6. The highest BCUT2D eigenvalue weighted by molar-refractivity contribution is 7.87. The molecule has 0 amide bonds. The van der Waals surface area contributed by atoms with E-state index >= 15 is 0 Å². The van der Waals surface area contributed by atoms with Crippen LogP contribution in [-0.2, 0) is 10.2 Å². The van der Waals surface area contributed by atoms with Gasteiger partial charge in [-0.15, -0.1) is 11.6 Å². The van der Waals surface area contributed by atoms with Crippen LogP contribution in [-0.4, -0.2) is 39.2 Å². The third kappa shape index (κ3) is 4.92. The summed E-state index contributed by atoms with van der Waals surface area (Å²) in [7, 11) is -0.258. The summed E-state index contributed by atoms with van der Waals surface area (Å²) in [5.74, 6) is 0.573. The van der Waals surface area contributed by atoms with E-state index in [9.17, 15) is 8.42 Å². The Bertz CT molecular complexity index is 204. The van der Waals surface area contributed by atoms with Gasteiger partial charge in [-0.1, -0.05) is 0 Å². The molecule has 0 radical (unpaired) electrons. The summed E-state index contributed by atoms with van der Waals surface area (Å²) < 4.78 is 25.7. The molecule has 6 heteroatoms. The van der Waals surface area contributed by atoms with Crippen molar-refractivity contribution in [2.45, 2.75) is 12.8 Å². The predicted octanol–water partition coefficient (Wildman–Crippen LogP) is 0.401. The van der Waals surface area contributed by atoms with E-state index < -0.39 is 10.2 Å². The van der Waals surface area contributed by atoms with Crippen LogP contribution in [0.5, 0.6) is 0 Å². The summed E-state index contributed by atoms with van der Waals surface area (Å²) in [6, 6.07) is 0. The van der Waals surface area contributed by atoms with Crippen LogP contribution >= 0.6 is 11.6 Å². The van der Waals surface area contributed by atoms with Crippen molar-refractivity contribution < 1.29 is 8.42 Å². The average molecular weight is 215 g/mol. The summed E-state index contributed by atoms with van der Waals surface area (Å²) in [5, 5.41) is 0. The summed E-state index contributed by atoms with van der Waals surface area (Å²) in [5.41, 5.74) is 0. The largest absolute Gasteiger partial charge is 0.278 e. The molecule has 0 aliphatic carbocycles. The lowest BCUT2D eigenvalue weighted by molar-refractivity contribution is 0.504. The second-order valence-corrected chi connectivity index (χ2v) is 4.92. The standard InChI is InChI=1S/C6H15ClN2O2S/c1-9(2)12(10,11)8-6-4-3-5-7/h8H,3-6H2,1-2H3. The summed E-state index contributed by atoms with van der Waals surface area (Å²) >= 11 is 5.43. The Kier molecular flexibility index (Phi) is 5.82. The highest BCUT2D eigenvalue weighted by atomic mass is 35.5.